The molecule has 0 heterocycles. The minimum Gasteiger partial charge on any atom is -0.465 e. The van der Waals surface area contributed by atoms with Gasteiger partial charge in [0.05, 0.1) is 23.5 Å². The van der Waals surface area contributed by atoms with Crippen molar-refractivity contribution in [2.45, 2.75) is 48.8 Å². The number of alkyl carbamates (subject to hydrolysis) is 1. The summed E-state index contributed by atoms with van der Waals surface area (Å²) in [5.41, 5.74) is 1.12. The fourth-order valence-electron chi connectivity index (χ4n) is 4.66. The van der Waals surface area contributed by atoms with Gasteiger partial charge >= 0.3 is 12.1 Å². The summed E-state index contributed by atoms with van der Waals surface area (Å²) >= 11 is 0. The molecular weight excluding hydrogens is 623 g/mol. The predicted molar refractivity (Wildman–Crippen MR) is 165 cm³/mol. The maximum absolute atomic E-state index is 15.2. The molecule has 246 valence electrons. The molecule has 0 spiro atoms. The zero-order chi connectivity index (χ0) is 33.7. The third-order valence-corrected chi connectivity index (χ3v) is 8.35. The van der Waals surface area contributed by atoms with Gasteiger partial charge in [-0.15, -0.1) is 0 Å². The van der Waals surface area contributed by atoms with Crippen molar-refractivity contribution in [1.29, 1.82) is 0 Å². The van der Waals surface area contributed by atoms with Gasteiger partial charge in [0.15, 0.2) is 0 Å². The fourth-order valence-corrected chi connectivity index (χ4v) is 5.85. The number of halogens is 1. The number of hydrogen-bond acceptors (Lipinski definition) is 9. The number of methoxy groups -OCH3 is 1. The number of nitrogens with one attached hydrogen (secondary N) is 3. The number of esters is 1. The Balaban J connectivity index is 1.72. The van der Waals surface area contributed by atoms with Gasteiger partial charge in [0.2, 0.25) is 15.9 Å². The van der Waals surface area contributed by atoms with E-state index >= 15 is 4.39 Å². The van der Waals surface area contributed by atoms with Gasteiger partial charge in [0.25, 0.3) is 5.69 Å². The Morgan fingerprint density at radius 3 is 2.00 bits per heavy atom. The van der Waals surface area contributed by atoms with Gasteiger partial charge in [0.1, 0.15) is 18.3 Å². The molecule has 3 aromatic carbocycles. The summed E-state index contributed by atoms with van der Waals surface area (Å²) in [6.07, 6.45) is -3.56. The number of rotatable bonds is 16. The molecule has 2 amide bonds. The van der Waals surface area contributed by atoms with Crippen molar-refractivity contribution >= 4 is 33.7 Å². The number of ether oxygens (including phenoxy) is 2. The summed E-state index contributed by atoms with van der Waals surface area (Å²) in [5.74, 6) is -2.28. The normalized spacial score (nSPS) is 13.2. The van der Waals surface area contributed by atoms with E-state index in [2.05, 4.69) is 15.4 Å². The Kier molecular flexibility index (Phi) is 13.1. The molecule has 0 aliphatic rings. The molecule has 1 unspecified atom stereocenters. The van der Waals surface area contributed by atoms with E-state index in [-0.39, 0.29) is 30.2 Å². The first-order chi connectivity index (χ1) is 22.0. The lowest BCUT2D eigenvalue weighted by atomic mass is 9.84. The number of hydrogen-bond donors (Lipinski definition) is 3. The maximum atomic E-state index is 15.2. The number of alkyl halides is 1. The zero-order valence-electron chi connectivity index (χ0n) is 25.1. The molecule has 3 aromatic rings. The molecule has 0 aliphatic heterocycles. The van der Waals surface area contributed by atoms with Crippen LogP contribution >= 0.6 is 0 Å². The fraction of sp³-hybridized carbons (Fsp3) is 0.323. The number of non-ortho nitro benzene ring substituents is 1. The highest BCUT2D eigenvalue weighted by molar-refractivity contribution is 7.89. The number of nitro groups is 1. The third-order valence-electron chi connectivity index (χ3n) is 6.87. The number of amides is 2. The van der Waals surface area contributed by atoms with E-state index in [1.807, 2.05) is 36.4 Å². The molecule has 3 N–H and O–H groups in total. The highest BCUT2D eigenvalue weighted by Crippen LogP contribution is 2.28. The first-order valence-corrected chi connectivity index (χ1v) is 15.7. The van der Waals surface area contributed by atoms with Crippen molar-refractivity contribution in [3.05, 3.63) is 106 Å². The Morgan fingerprint density at radius 2 is 1.50 bits per heavy atom. The Labute approximate surface area is 265 Å². The molecular formula is C31H35FN4O9S. The number of sulfonamides is 1. The lowest BCUT2D eigenvalue weighted by Gasteiger charge is -2.28. The van der Waals surface area contributed by atoms with Crippen LogP contribution in [-0.4, -0.2) is 69.8 Å². The van der Waals surface area contributed by atoms with E-state index in [9.17, 15) is 32.9 Å². The van der Waals surface area contributed by atoms with Crippen LogP contribution in [0.4, 0.5) is 14.9 Å². The van der Waals surface area contributed by atoms with Gasteiger partial charge < -0.3 is 20.1 Å². The van der Waals surface area contributed by atoms with Crippen LogP contribution in [0.1, 0.15) is 36.8 Å². The molecule has 0 saturated carbocycles. The van der Waals surface area contributed by atoms with Crippen LogP contribution in [0.15, 0.2) is 89.8 Å². The minimum absolute atomic E-state index is 0.0970. The van der Waals surface area contributed by atoms with Crippen molar-refractivity contribution in [2.24, 2.45) is 0 Å². The first-order valence-electron chi connectivity index (χ1n) is 14.3. The van der Waals surface area contributed by atoms with Crippen LogP contribution in [0.3, 0.4) is 0 Å². The molecule has 46 heavy (non-hydrogen) atoms. The third kappa shape index (κ3) is 10.1. The van der Waals surface area contributed by atoms with Crippen LogP contribution in [-0.2, 0) is 29.1 Å². The van der Waals surface area contributed by atoms with Gasteiger partial charge in [-0.3, -0.25) is 19.7 Å². The topological polar surface area (TPSA) is 183 Å². The molecule has 0 fully saturated rings. The van der Waals surface area contributed by atoms with Crippen LogP contribution in [0.2, 0.25) is 0 Å². The monoisotopic (exact) mass is 658 g/mol. The summed E-state index contributed by atoms with van der Waals surface area (Å²) in [6.45, 7) is 1.18. The van der Waals surface area contributed by atoms with E-state index < -0.39 is 63.5 Å². The number of carbonyl (C=O) groups excluding carboxylic acids is 3. The van der Waals surface area contributed by atoms with Gasteiger partial charge in [-0.2, -0.15) is 4.72 Å². The van der Waals surface area contributed by atoms with Crippen molar-refractivity contribution < 1.29 is 41.6 Å². The summed E-state index contributed by atoms with van der Waals surface area (Å²) in [4.78, 5) is 48.1. The molecule has 0 saturated heterocycles. The highest BCUT2D eigenvalue weighted by Gasteiger charge is 2.34. The smallest absolute Gasteiger partial charge is 0.407 e. The molecule has 0 aromatic heterocycles. The highest BCUT2D eigenvalue weighted by atomic mass is 32.2. The van der Waals surface area contributed by atoms with Gasteiger partial charge in [-0.25, -0.2) is 17.6 Å². The van der Waals surface area contributed by atoms with E-state index in [0.717, 1.165) is 42.5 Å². The molecule has 0 radical (unpaired) electrons. The van der Waals surface area contributed by atoms with Crippen molar-refractivity contribution in [2.75, 3.05) is 20.3 Å². The van der Waals surface area contributed by atoms with Gasteiger partial charge in [-0.05, 0) is 36.6 Å². The average Bonchev–Trinajstić information content (AvgIpc) is 3.05. The second-order valence-electron chi connectivity index (χ2n) is 10.0. The second kappa shape index (κ2) is 17.0. The van der Waals surface area contributed by atoms with Crippen LogP contribution < -0.4 is 15.4 Å². The van der Waals surface area contributed by atoms with Crippen LogP contribution in [0.25, 0.3) is 0 Å². The first kappa shape index (κ1) is 35.6. The molecule has 3 rings (SSSR count). The van der Waals surface area contributed by atoms with E-state index in [4.69, 9.17) is 9.47 Å². The van der Waals surface area contributed by atoms with Crippen LogP contribution in [0.5, 0.6) is 0 Å². The lowest BCUT2D eigenvalue weighted by molar-refractivity contribution is -0.384. The molecule has 15 heteroatoms. The van der Waals surface area contributed by atoms with Gasteiger partial charge in [-0.1, -0.05) is 60.7 Å². The van der Waals surface area contributed by atoms with E-state index in [1.54, 1.807) is 24.3 Å². The summed E-state index contributed by atoms with van der Waals surface area (Å²) in [6, 6.07) is 19.2. The Hall–Kier alpha value is -4.89. The largest absolute Gasteiger partial charge is 0.465 e. The lowest BCUT2D eigenvalue weighted by Crippen LogP contribution is -2.50. The van der Waals surface area contributed by atoms with Crippen molar-refractivity contribution in [3.8, 4) is 0 Å². The number of nitrogens with zero attached hydrogens (tertiary/aromatic N) is 1. The summed E-state index contributed by atoms with van der Waals surface area (Å²) in [5, 5.41) is 16.1. The number of carbonyl (C=O) groups is 3. The molecule has 13 nitrogen and oxygen atoms in total. The van der Waals surface area contributed by atoms with E-state index in [0.29, 0.717) is 0 Å². The Bertz CT molecular complexity index is 1540. The van der Waals surface area contributed by atoms with Crippen molar-refractivity contribution in [3.63, 3.8) is 0 Å². The number of benzene rings is 3. The van der Waals surface area contributed by atoms with Crippen molar-refractivity contribution in [1.82, 2.24) is 15.4 Å². The zero-order valence-corrected chi connectivity index (χ0v) is 25.9. The summed E-state index contributed by atoms with van der Waals surface area (Å²) < 4.78 is 52.8. The average molecular weight is 659 g/mol. The maximum Gasteiger partial charge on any atom is 0.407 e. The molecule has 3 atom stereocenters. The van der Waals surface area contributed by atoms with E-state index in [1.165, 1.54) is 6.92 Å². The molecule has 0 bridgehead atoms. The second-order valence-corrected chi connectivity index (χ2v) is 11.7. The summed E-state index contributed by atoms with van der Waals surface area (Å²) in [7, 11) is -3.23. The predicted octanol–water partition coefficient (Wildman–Crippen LogP) is 3.60. The van der Waals surface area contributed by atoms with Gasteiger partial charge in [0, 0.05) is 31.0 Å². The molecule has 0 aliphatic carbocycles. The SMILES string of the molecule is CCOC(=O)[C@H](CC(F)CCNC(=O)[C@@H](NC(=O)OC)C(c1ccccc1)c1ccccc1)NS(=O)(=O)c1ccc([N+](=O)[O-])cc1. The van der Waals surface area contributed by atoms with Crippen LogP contribution in [0, 0.1) is 10.1 Å². The quantitative estimate of drug-likeness (QED) is 0.118. The number of nitro benzene ring substituents is 1. The Morgan fingerprint density at radius 1 is 0.935 bits per heavy atom. The standard InChI is InChI=1S/C31H35FN4O9S/c1-3-45-30(38)26(35-46(42,43)25-16-14-24(15-17-25)36(40)41)20-23(32)18-19-33-29(37)28(34-31(39)44-2)27(21-10-6-4-7-11-21)22-12-8-5-9-13-22/h4-17,23,26-28,35H,3,18-20H2,1-2H3,(H,33,37)(H,34,39)/t23?,26-,28-/m0/s1. The minimum atomic E-state index is -4.39.